The van der Waals surface area contributed by atoms with Gasteiger partial charge in [-0.15, -0.1) is 0 Å². The van der Waals surface area contributed by atoms with Crippen LogP contribution in [0.25, 0.3) is 0 Å². The maximum Gasteiger partial charge on any atom is 0.308 e. The standard InChI is InChI=1S/C15H22N2O3/c1-20-13(18)12-5-9-17(10-6-12)14(19)15(11-16)7-3-2-4-8-15/h12H,2-10H2,1H3. The quantitative estimate of drug-likeness (QED) is 0.723. The van der Waals surface area contributed by atoms with Crippen LogP contribution in [0.1, 0.15) is 44.9 Å². The number of amides is 1. The summed E-state index contributed by atoms with van der Waals surface area (Å²) < 4.78 is 4.75. The molecule has 1 saturated carbocycles. The molecular formula is C15H22N2O3. The van der Waals surface area contributed by atoms with Gasteiger partial charge in [-0.2, -0.15) is 5.26 Å². The molecule has 0 aromatic rings. The number of ether oxygens (including phenoxy) is 1. The summed E-state index contributed by atoms with van der Waals surface area (Å²) in [6.45, 7) is 1.12. The molecule has 0 bridgehead atoms. The zero-order valence-electron chi connectivity index (χ0n) is 12.1. The zero-order valence-corrected chi connectivity index (χ0v) is 12.1. The van der Waals surface area contributed by atoms with Crippen LogP contribution in [0.4, 0.5) is 0 Å². The first-order valence-electron chi connectivity index (χ1n) is 7.41. The number of rotatable bonds is 2. The predicted molar refractivity (Wildman–Crippen MR) is 72.5 cm³/mol. The predicted octanol–water partition coefficient (Wildman–Crippen LogP) is 1.87. The first-order valence-corrected chi connectivity index (χ1v) is 7.41. The van der Waals surface area contributed by atoms with Gasteiger partial charge in [0.15, 0.2) is 0 Å². The number of methoxy groups -OCH3 is 1. The monoisotopic (exact) mass is 278 g/mol. The maximum atomic E-state index is 12.6. The third-order valence-electron chi connectivity index (χ3n) is 4.65. The van der Waals surface area contributed by atoms with Crippen LogP contribution in [0.2, 0.25) is 0 Å². The van der Waals surface area contributed by atoms with E-state index >= 15 is 0 Å². The van der Waals surface area contributed by atoms with Gasteiger partial charge >= 0.3 is 5.97 Å². The van der Waals surface area contributed by atoms with E-state index in [0.717, 1.165) is 19.3 Å². The molecule has 2 aliphatic rings. The van der Waals surface area contributed by atoms with Gasteiger partial charge in [0.1, 0.15) is 5.41 Å². The molecule has 1 aliphatic heterocycles. The van der Waals surface area contributed by atoms with Gasteiger partial charge in [-0.05, 0) is 25.7 Å². The van der Waals surface area contributed by atoms with E-state index in [1.165, 1.54) is 7.11 Å². The lowest BCUT2D eigenvalue weighted by Gasteiger charge is -2.38. The zero-order chi connectivity index (χ0) is 14.6. The van der Waals surface area contributed by atoms with Crippen LogP contribution < -0.4 is 0 Å². The second kappa shape index (κ2) is 6.25. The van der Waals surface area contributed by atoms with E-state index in [4.69, 9.17) is 4.74 Å². The van der Waals surface area contributed by atoms with E-state index in [2.05, 4.69) is 6.07 Å². The molecule has 2 fully saturated rings. The van der Waals surface area contributed by atoms with Crippen LogP contribution in [-0.4, -0.2) is 37.0 Å². The van der Waals surface area contributed by atoms with Crippen molar-refractivity contribution in [2.75, 3.05) is 20.2 Å². The van der Waals surface area contributed by atoms with Gasteiger partial charge in [0.2, 0.25) is 5.91 Å². The van der Waals surface area contributed by atoms with Crippen molar-refractivity contribution in [1.29, 1.82) is 5.26 Å². The third kappa shape index (κ3) is 2.79. The van der Waals surface area contributed by atoms with Crippen molar-refractivity contribution in [3.8, 4) is 6.07 Å². The smallest absolute Gasteiger partial charge is 0.308 e. The van der Waals surface area contributed by atoms with Crippen LogP contribution in [0.3, 0.4) is 0 Å². The number of nitrogens with zero attached hydrogens (tertiary/aromatic N) is 2. The summed E-state index contributed by atoms with van der Waals surface area (Å²) in [5.74, 6) is -0.318. The molecule has 1 saturated heterocycles. The molecular weight excluding hydrogens is 256 g/mol. The van der Waals surface area contributed by atoms with E-state index in [1.807, 2.05) is 0 Å². The fourth-order valence-corrected chi connectivity index (χ4v) is 3.32. The summed E-state index contributed by atoms with van der Waals surface area (Å²) in [5, 5.41) is 9.45. The Labute approximate surface area is 119 Å². The summed E-state index contributed by atoms with van der Waals surface area (Å²) in [6.07, 6.45) is 5.66. The minimum atomic E-state index is -0.809. The van der Waals surface area contributed by atoms with Crippen LogP contribution in [0, 0.1) is 22.7 Å². The molecule has 20 heavy (non-hydrogen) atoms. The van der Waals surface area contributed by atoms with Crippen molar-refractivity contribution in [2.24, 2.45) is 11.3 Å². The van der Waals surface area contributed by atoms with Gasteiger partial charge in [0.25, 0.3) is 0 Å². The fraction of sp³-hybridized carbons (Fsp3) is 0.800. The maximum absolute atomic E-state index is 12.6. The lowest BCUT2D eigenvalue weighted by molar-refractivity contribution is -0.151. The average molecular weight is 278 g/mol. The second-order valence-corrected chi connectivity index (χ2v) is 5.84. The Morgan fingerprint density at radius 3 is 2.30 bits per heavy atom. The topological polar surface area (TPSA) is 70.4 Å². The van der Waals surface area contributed by atoms with Crippen LogP contribution in [-0.2, 0) is 14.3 Å². The van der Waals surface area contributed by atoms with Gasteiger partial charge in [-0.1, -0.05) is 19.3 Å². The first-order chi connectivity index (χ1) is 9.63. The average Bonchev–Trinajstić information content (AvgIpc) is 2.54. The SMILES string of the molecule is COC(=O)C1CCN(C(=O)C2(C#N)CCCCC2)CC1. The van der Waals surface area contributed by atoms with Crippen molar-refractivity contribution >= 4 is 11.9 Å². The Morgan fingerprint density at radius 2 is 1.80 bits per heavy atom. The van der Waals surface area contributed by atoms with Crippen molar-refractivity contribution in [1.82, 2.24) is 4.90 Å². The molecule has 5 nitrogen and oxygen atoms in total. The molecule has 0 radical (unpaired) electrons. The molecule has 1 amide bonds. The van der Waals surface area contributed by atoms with Crippen molar-refractivity contribution < 1.29 is 14.3 Å². The Hall–Kier alpha value is -1.57. The van der Waals surface area contributed by atoms with Crippen molar-refractivity contribution in [3.05, 3.63) is 0 Å². The highest BCUT2D eigenvalue weighted by atomic mass is 16.5. The molecule has 110 valence electrons. The molecule has 0 unspecified atom stereocenters. The number of likely N-dealkylation sites (tertiary alicyclic amines) is 1. The number of piperidine rings is 1. The van der Waals surface area contributed by atoms with E-state index in [9.17, 15) is 14.9 Å². The highest BCUT2D eigenvalue weighted by Gasteiger charge is 2.43. The molecule has 0 N–H and O–H groups in total. The minimum absolute atomic E-state index is 0.0250. The molecule has 1 heterocycles. The molecule has 1 aliphatic carbocycles. The summed E-state index contributed by atoms with van der Waals surface area (Å²) >= 11 is 0. The number of hydrogen-bond donors (Lipinski definition) is 0. The minimum Gasteiger partial charge on any atom is -0.469 e. The van der Waals surface area contributed by atoms with Gasteiger partial charge in [0.05, 0.1) is 19.1 Å². The molecule has 5 heteroatoms. The Morgan fingerprint density at radius 1 is 1.20 bits per heavy atom. The summed E-state index contributed by atoms with van der Waals surface area (Å²) in [7, 11) is 1.40. The fourth-order valence-electron chi connectivity index (χ4n) is 3.32. The lowest BCUT2D eigenvalue weighted by Crippen LogP contribution is -2.48. The van der Waals surface area contributed by atoms with Gasteiger partial charge in [0, 0.05) is 13.1 Å². The first kappa shape index (κ1) is 14.8. The molecule has 2 rings (SSSR count). The van der Waals surface area contributed by atoms with Crippen LogP contribution >= 0.6 is 0 Å². The number of hydrogen-bond acceptors (Lipinski definition) is 4. The molecule has 0 atom stereocenters. The number of carbonyl (C=O) groups is 2. The normalized spacial score (nSPS) is 22.9. The van der Waals surface area contributed by atoms with Gasteiger partial charge < -0.3 is 9.64 Å². The number of nitriles is 1. The molecule has 0 aromatic heterocycles. The van der Waals surface area contributed by atoms with E-state index in [0.29, 0.717) is 38.8 Å². The van der Waals surface area contributed by atoms with E-state index in [-0.39, 0.29) is 17.8 Å². The third-order valence-corrected chi connectivity index (χ3v) is 4.65. The summed E-state index contributed by atoms with van der Waals surface area (Å²) in [5.41, 5.74) is -0.809. The summed E-state index contributed by atoms with van der Waals surface area (Å²) in [4.78, 5) is 25.9. The van der Waals surface area contributed by atoms with Crippen LogP contribution in [0.15, 0.2) is 0 Å². The molecule has 0 aromatic carbocycles. The van der Waals surface area contributed by atoms with Gasteiger partial charge in [-0.25, -0.2) is 0 Å². The van der Waals surface area contributed by atoms with Crippen LogP contribution in [0.5, 0.6) is 0 Å². The largest absolute Gasteiger partial charge is 0.469 e. The molecule has 0 spiro atoms. The highest BCUT2D eigenvalue weighted by molar-refractivity contribution is 5.86. The highest BCUT2D eigenvalue weighted by Crippen LogP contribution is 2.38. The number of esters is 1. The Kier molecular flexibility index (Phi) is 4.64. The number of carbonyl (C=O) groups excluding carboxylic acids is 2. The Bertz CT molecular complexity index is 413. The van der Waals surface area contributed by atoms with Crippen molar-refractivity contribution in [2.45, 2.75) is 44.9 Å². The van der Waals surface area contributed by atoms with E-state index < -0.39 is 5.41 Å². The summed E-state index contributed by atoms with van der Waals surface area (Å²) in [6, 6.07) is 2.28. The van der Waals surface area contributed by atoms with Gasteiger partial charge in [-0.3, -0.25) is 9.59 Å². The lowest BCUT2D eigenvalue weighted by atomic mass is 9.74. The van der Waals surface area contributed by atoms with Crippen molar-refractivity contribution in [3.63, 3.8) is 0 Å². The van der Waals surface area contributed by atoms with E-state index in [1.54, 1.807) is 4.90 Å². The Balaban J connectivity index is 1.97. The second-order valence-electron chi connectivity index (χ2n) is 5.84.